The topological polar surface area (TPSA) is 64.1 Å². The van der Waals surface area contributed by atoms with Gasteiger partial charge in [0, 0.05) is 23.5 Å². The van der Waals surface area contributed by atoms with Crippen molar-refractivity contribution in [3.05, 3.63) is 58.5 Å². The van der Waals surface area contributed by atoms with Gasteiger partial charge in [-0.05, 0) is 19.1 Å². The molecule has 0 amide bonds. The van der Waals surface area contributed by atoms with Crippen LogP contribution in [0.25, 0.3) is 0 Å². The van der Waals surface area contributed by atoms with E-state index in [1.165, 1.54) is 6.26 Å². The van der Waals surface area contributed by atoms with Crippen molar-refractivity contribution >= 4 is 11.3 Å². The minimum absolute atomic E-state index is 0.489. The highest BCUT2D eigenvalue weighted by Crippen LogP contribution is 2.22. The molecule has 0 aliphatic rings. The summed E-state index contributed by atoms with van der Waals surface area (Å²) in [6.45, 7) is 2.57. The van der Waals surface area contributed by atoms with Gasteiger partial charge >= 0.3 is 0 Å². The number of thiazole rings is 1. The molecular formula is C13H13N3O2S. The van der Waals surface area contributed by atoms with E-state index < -0.39 is 6.10 Å². The molecule has 0 aromatic carbocycles. The van der Waals surface area contributed by atoms with Crippen molar-refractivity contribution in [1.29, 1.82) is 0 Å². The fourth-order valence-corrected chi connectivity index (χ4v) is 2.67. The van der Waals surface area contributed by atoms with E-state index in [0.717, 1.165) is 10.7 Å². The maximum Gasteiger partial charge on any atom is 0.169 e. The molecule has 1 atom stereocenters. The Morgan fingerprint density at radius 2 is 2.42 bits per heavy atom. The van der Waals surface area contributed by atoms with Gasteiger partial charge in [0.05, 0.1) is 12.8 Å². The monoisotopic (exact) mass is 275 g/mol. The quantitative estimate of drug-likeness (QED) is 0.794. The third kappa shape index (κ3) is 2.45. The van der Waals surface area contributed by atoms with Gasteiger partial charge in [-0.3, -0.25) is 0 Å². The number of imidazole rings is 1. The molecule has 0 spiro atoms. The van der Waals surface area contributed by atoms with E-state index in [1.54, 1.807) is 29.7 Å². The average molecular weight is 275 g/mol. The molecule has 0 aliphatic heterocycles. The van der Waals surface area contributed by atoms with E-state index in [9.17, 15) is 5.11 Å². The Kier molecular flexibility index (Phi) is 3.18. The van der Waals surface area contributed by atoms with Crippen molar-refractivity contribution in [2.75, 3.05) is 0 Å². The lowest BCUT2D eigenvalue weighted by molar-refractivity contribution is 0.176. The van der Waals surface area contributed by atoms with Crippen LogP contribution >= 0.6 is 11.3 Å². The molecule has 3 aromatic heterocycles. The molecule has 0 unspecified atom stereocenters. The molecule has 0 aliphatic carbocycles. The standard InChI is InChI=1S/C13H13N3O2S/c1-9-8-19-11(15-9)7-16-5-4-14-13(16)12(17)10-3-2-6-18-10/h2-6,8,12,17H,7H2,1H3/t12-/m1/s1. The van der Waals surface area contributed by atoms with Gasteiger partial charge in [0.2, 0.25) is 0 Å². The smallest absolute Gasteiger partial charge is 0.169 e. The van der Waals surface area contributed by atoms with Crippen LogP contribution in [-0.2, 0) is 6.54 Å². The highest BCUT2D eigenvalue weighted by molar-refractivity contribution is 7.09. The van der Waals surface area contributed by atoms with Crippen LogP contribution in [0.1, 0.15) is 28.4 Å². The summed E-state index contributed by atoms with van der Waals surface area (Å²) < 4.78 is 7.09. The van der Waals surface area contributed by atoms with E-state index in [-0.39, 0.29) is 0 Å². The molecule has 0 saturated carbocycles. The molecule has 19 heavy (non-hydrogen) atoms. The lowest BCUT2D eigenvalue weighted by atomic mass is 10.2. The average Bonchev–Trinajstić information content (AvgIpc) is 3.10. The van der Waals surface area contributed by atoms with Crippen molar-refractivity contribution in [2.24, 2.45) is 0 Å². The van der Waals surface area contributed by atoms with Gasteiger partial charge in [0.25, 0.3) is 0 Å². The molecule has 0 bridgehead atoms. The van der Waals surface area contributed by atoms with Gasteiger partial charge in [-0.15, -0.1) is 11.3 Å². The number of furan rings is 1. The number of rotatable bonds is 4. The van der Waals surface area contributed by atoms with Crippen molar-refractivity contribution in [1.82, 2.24) is 14.5 Å². The fourth-order valence-electron chi connectivity index (χ4n) is 1.90. The number of aliphatic hydroxyl groups is 1. The summed E-state index contributed by atoms with van der Waals surface area (Å²) in [6, 6.07) is 3.48. The molecule has 3 heterocycles. The maximum atomic E-state index is 10.2. The zero-order chi connectivity index (χ0) is 13.2. The molecule has 0 saturated heterocycles. The zero-order valence-corrected chi connectivity index (χ0v) is 11.2. The number of aliphatic hydroxyl groups excluding tert-OH is 1. The molecule has 98 valence electrons. The molecule has 3 rings (SSSR count). The second kappa shape index (κ2) is 4.99. The lowest BCUT2D eigenvalue weighted by Gasteiger charge is -2.10. The lowest BCUT2D eigenvalue weighted by Crippen LogP contribution is -2.10. The van der Waals surface area contributed by atoms with E-state index in [4.69, 9.17) is 4.42 Å². The Labute approximate surface area is 114 Å². The second-order valence-electron chi connectivity index (χ2n) is 4.21. The first kappa shape index (κ1) is 12.1. The number of nitrogens with zero attached hydrogens (tertiary/aromatic N) is 3. The molecule has 5 nitrogen and oxygen atoms in total. The van der Waals surface area contributed by atoms with Gasteiger partial charge < -0.3 is 14.1 Å². The molecule has 6 heteroatoms. The molecule has 0 fully saturated rings. The van der Waals surface area contributed by atoms with Gasteiger partial charge in [0.15, 0.2) is 6.10 Å². The van der Waals surface area contributed by atoms with Crippen LogP contribution in [0.4, 0.5) is 0 Å². The van der Waals surface area contributed by atoms with Gasteiger partial charge in [-0.25, -0.2) is 9.97 Å². The summed E-state index contributed by atoms with van der Waals surface area (Å²) in [7, 11) is 0. The third-order valence-electron chi connectivity index (χ3n) is 2.78. The van der Waals surface area contributed by atoms with Gasteiger partial charge in [-0.1, -0.05) is 0 Å². The summed E-state index contributed by atoms with van der Waals surface area (Å²) in [5, 5.41) is 13.2. The Balaban J connectivity index is 1.86. The predicted molar refractivity (Wildman–Crippen MR) is 70.9 cm³/mol. The Morgan fingerprint density at radius 3 is 3.11 bits per heavy atom. The first-order valence-electron chi connectivity index (χ1n) is 5.87. The van der Waals surface area contributed by atoms with Crippen LogP contribution in [0.2, 0.25) is 0 Å². The van der Waals surface area contributed by atoms with Crippen LogP contribution in [0, 0.1) is 6.92 Å². The summed E-state index contributed by atoms with van der Waals surface area (Å²) >= 11 is 1.60. The van der Waals surface area contributed by atoms with Crippen LogP contribution < -0.4 is 0 Å². The largest absolute Gasteiger partial charge is 0.466 e. The molecule has 3 aromatic rings. The highest BCUT2D eigenvalue weighted by atomic mass is 32.1. The molecule has 0 radical (unpaired) electrons. The normalized spacial score (nSPS) is 12.7. The zero-order valence-electron chi connectivity index (χ0n) is 10.4. The minimum atomic E-state index is -0.856. The highest BCUT2D eigenvalue weighted by Gasteiger charge is 2.19. The molecule has 1 N–H and O–H groups in total. The van der Waals surface area contributed by atoms with Crippen LogP contribution in [0.5, 0.6) is 0 Å². The minimum Gasteiger partial charge on any atom is -0.466 e. The Morgan fingerprint density at radius 1 is 1.53 bits per heavy atom. The molecular weight excluding hydrogens is 262 g/mol. The summed E-state index contributed by atoms with van der Waals surface area (Å²) in [5.41, 5.74) is 1.01. The maximum absolute atomic E-state index is 10.2. The van der Waals surface area contributed by atoms with Crippen LogP contribution in [0.3, 0.4) is 0 Å². The third-order valence-corrected chi connectivity index (χ3v) is 3.73. The van der Waals surface area contributed by atoms with Gasteiger partial charge in [0.1, 0.15) is 16.6 Å². The van der Waals surface area contributed by atoms with E-state index in [2.05, 4.69) is 9.97 Å². The Bertz CT molecular complexity index is 657. The van der Waals surface area contributed by atoms with E-state index in [0.29, 0.717) is 18.1 Å². The summed E-state index contributed by atoms with van der Waals surface area (Å²) in [6.07, 6.45) is 4.18. The summed E-state index contributed by atoms with van der Waals surface area (Å²) in [5.74, 6) is 1.05. The first-order valence-corrected chi connectivity index (χ1v) is 6.75. The number of hydrogen-bond acceptors (Lipinski definition) is 5. The van der Waals surface area contributed by atoms with Crippen LogP contribution in [-0.4, -0.2) is 19.6 Å². The SMILES string of the molecule is Cc1csc(Cn2ccnc2[C@H](O)c2ccco2)n1. The van der Waals surface area contributed by atoms with Crippen LogP contribution in [0.15, 0.2) is 40.6 Å². The Hall–Kier alpha value is -1.92. The second-order valence-corrected chi connectivity index (χ2v) is 5.16. The fraction of sp³-hybridized carbons (Fsp3) is 0.231. The van der Waals surface area contributed by atoms with E-state index >= 15 is 0 Å². The van der Waals surface area contributed by atoms with Crippen molar-refractivity contribution < 1.29 is 9.52 Å². The number of aryl methyl sites for hydroxylation is 1. The van der Waals surface area contributed by atoms with Crippen molar-refractivity contribution in [3.63, 3.8) is 0 Å². The van der Waals surface area contributed by atoms with E-state index in [1.807, 2.05) is 23.1 Å². The first-order chi connectivity index (χ1) is 9.24. The van der Waals surface area contributed by atoms with Crippen molar-refractivity contribution in [3.8, 4) is 0 Å². The number of aromatic nitrogens is 3. The predicted octanol–water partition coefficient (Wildman–Crippen LogP) is 2.37. The van der Waals surface area contributed by atoms with Gasteiger partial charge in [-0.2, -0.15) is 0 Å². The summed E-state index contributed by atoms with van der Waals surface area (Å²) in [4.78, 5) is 8.62. The number of hydrogen-bond donors (Lipinski definition) is 1. The van der Waals surface area contributed by atoms with Crippen molar-refractivity contribution in [2.45, 2.75) is 19.6 Å².